The van der Waals surface area contributed by atoms with Crippen LogP contribution in [0.5, 0.6) is 5.75 Å². The Bertz CT molecular complexity index is 835. The zero-order valence-electron chi connectivity index (χ0n) is 17.9. The standard InChI is InChI=1S/C23H32N4O2/c1-23(2,3)17-5-8-19(9-6-17)29-16-22(28)25-20-15-18(24)7-10-21(20)27-13-11-26(4)12-14-27/h5-10,15H,11-14,16,24H2,1-4H3,(H,25,28). The summed E-state index contributed by atoms with van der Waals surface area (Å²) in [5, 5.41) is 2.97. The number of carbonyl (C=O) groups excluding carboxylic acids is 1. The lowest BCUT2D eigenvalue weighted by molar-refractivity contribution is -0.118. The van der Waals surface area contributed by atoms with E-state index in [1.165, 1.54) is 5.56 Å². The van der Waals surface area contributed by atoms with E-state index >= 15 is 0 Å². The molecule has 2 aromatic carbocycles. The van der Waals surface area contributed by atoms with Crippen LogP contribution in [0.15, 0.2) is 42.5 Å². The number of piperazine rings is 1. The first-order valence-electron chi connectivity index (χ1n) is 10.1. The lowest BCUT2D eigenvalue weighted by Gasteiger charge is -2.35. The third-order valence-electron chi connectivity index (χ3n) is 5.23. The van der Waals surface area contributed by atoms with Crippen LogP contribution in [0.2, 0.25) is 0 Å². The highest BCUT2D eigenvalue weighted by molar-refractivity contribution is 5.96. The molecule has 1 fully saturated rings. The maximum absolute atomic E-state index is 12.5. The summed E-state index contributed by atoms with van der Waals surface area (Å²) in [5.74, 6) is 0.478. The predicted octanol–water partition coefficient (Wildman–Crippen LogP) is 3.34. The fourth-order valence-electron chi connectivity index (χ4n) is 3.36. The molecule has 2 aromatic rings. The molecule has 1 amide bonds. The number of likely N-dealkylation sites (N-methyl/N-ethyl adjacent to an activating group) is 1. The highest BCUT2D eigenvalue weighted by atomic mass is 16.5. The molecule has 6 heteroatoms. The quantitative estimate of drug-likeness (QED) is 0.759. The molecule has 0 saturated carbocycles. The first kappa shape index (κ1) is 21.0. The minimum absolute atomic E-state index is 0.0498. The molecule has 0 aromatic heterocycles. The Morgan fingerprint density at radius 3 is 2.34 bits per heavy atom. The molecule has 156 valence electrons. The van der Waals surface area contributed by atoms with Crippen LogP contribution >= 0.6 is 0 Å². The predicted molar refractivity (Wildman–Crippen MR) is 120 cm³/mol. The molecule has 0 aliphatic carbocycles. The molecule has 0 spiro atoms. The Kier molecular flexibility index (Phi) is 6.33. The minimum atomic E-state index is -0.203. The van der Waals surface area contributed by atoms with Crippen molar-refractivity contribution in [1.82, 2.24) is 4.90 Å². The van der Waals surface area contributed by atoms with Gasteiger partial charge in [0.25, 0.3) is 5.91 Å². The van der Waals surface area contributed by atoms with Gasteiger partial charge in [-0.25, -0.2) is 0 Å². The van der Waals surface area contributed by atoms with Gasteiger partial charge >= 0.3 is 0 Å². The van der Waals surface area contributed by atoms with Crippen LogP contribution in [0.3, 0.4) is 0 Å². The van der Waals surface area contributed by atoms with Crippen molar-refractivity contribution in [2.45, 2.75) is 26.2 Å². The number of rotatable bonds is 5. The minimum Gasteiger partial charge on any atom is -0.484 e. The van der Waals surface area contributed by atoms with Gasteiger partial charge in [0.15, 0.2) is 6.61 Å². The third kappa shape index (κ3) is 5.64. The summed E-state index contributed by atoms with van der Waals surface area (Å²) < 4.78 is 5.67. The number of nitrogens with zero attached hydrogens (tertiary/aromatic N) is 2. The first-order valence-corrected chi connectivity index (χ1v) is 10.1. The van der Waals surface area contributed by atoms with Gasteiger partial charge in [-0.3, -0.25) is 4.79 Å². The smallest absolute Gasteiger partial charge is 0.262 e. The summed E-state index contributed by atoms with van der Waals surface area (Å²) in [5.41, 5.74) is 9.62. The maximum Gasteiger partial charge on any atom is 0.262 e. The molecule has 0 bridgehead atoms. The molecule has 29 heavy (non-hydrogen) atoms. The van der Waals surface area contributed by atoms with Gasteiger partial charge in [-0.15, -0.1) is 0 Å². The lowest BCUT2D eigenvalue weighted by Crippen LogP contribution is -2.44. The van der Waals surface area contributed by atoms with Gasteiger partial charge in [0, 0.05) is 31.9 Å². The molecule has 1 heterocycles. The van der Waals surface area contributed by atoms with Gasteiger partial charge < -0.3 is 25.6 Å². The van der Waals surface area contributed by atoms with Gasteiger partial charge in [0.05, 0.1) is 11.4 Å². The van der Waals surface area contributed by atoms with Crippen molar-refractivity contribution < 1.29 is 9.53 Å². The fourth-order valence-corrected chi connectivity index (χ4v) is 3.36. The van der Waals surface area contributed by atoms with E-state index < -0.39 is 0 Å². The zero-order valence-corrected chi connectivity index (χ0v) is 17.9. The second kappa shape index (κ2) is 8.74. The van der Waals surface area contributed by atoms with Crippen molar-refractivity contribution in [3.05, 3.63) is 48.0 Å². The van der Waals surface area contributed by atoms with E-state index in [1.807, 2.05) is 42.5 Å². The number of anilines is 3. The van der Waals surface area contributed by atoms with Crippen molar-refractivity contribution in [2.24, 2.45) is 0 Å². The van der Waals surface area contributed by atoms with E-state index in [0.717, 1.165) is 37.6 Å². The van der Waals surface area contributed by atoms with Crippen LogP contribution in [0.4, 0.5) is 17.1 Å². The number of nitrogen functional groups attached to an aromatic ring is 1. The van der Waals surface area contributed by atoms with Gasteiger partial charge in [0.1, 0.15) is 5.75 Å². The highest BCUT2D eigenvalue weighted by Gasteiger charge is 2.18. The molecule has 3 N–H and O–H groups in total. The highest BCUT2D eigenvalue weighted by Crippen LogP contribution is 2.29. The summed E-state index contributed by atoms with van der Waals surface area (Å²) in [6, 6.07) is 13.5. The van der Waals surface area contributed by atoms with Crippen molar-refractivity contribution >= 4 is 23.0 Å². The summed E-state index contributed by atoms with van der Waals surface area (Å²) in [4.78, 5) is 17.1. The number of hydrogen-bond acceptors (Lipinski definition) is 5. The fraction of sp³-hybridized carbons (Fsp3) is 0.435. The molecule has 6 nitrogen and oxygen atoms in total. The first-order chi connectivity index (χ1) is 13.7. The van der Waals surface area contributed by atoms with Crippen molar-refractivity contribution in [1.29, 1.82) is 0 Å². The van der Waals surface area contributed by atoms with E-state index in [1.54, 1.807) is 0 Å². The molecule has 0 radical (unpaired) electrons. The van der Waals surface area contributed by atoms with Crippen molar-refractivity contribution in [2.75, 3.05) is 55.8 Å². The molecule has 0 atom stereocenters. The topological polar surface area (TPSA) is 70.8 Å². The number of nitrogens with two attached hydrogens (primary N) is 1. The Morgan fingerprint density at radius 1 is 1.07 bits per heavy atom. The number of nitrogens with one attached hydrogen (secondary N) is 1. The Labute approximate surface area is 173 Å². The second-order valence-electron chi connectivity index (χ2n) is 8.68. The van der Waals surface area contributed by atoms with Crippen LogP contribution in [0, 0.1) is 0 Å². The monoisotopic (exact) mass is 396 g/mol. The number of ether oxygens (including phenoxy) is 1. The summed E-state index contributed by atoms with van der Waals surface area (Å²) >= 11 is 0. The number of hydrogen-bond donors (Lipinski definition) is 2. The van der Waals surface area contributed by atoms with Crippen LogP contribution in [-0.2, 0) is 10.2 Å². The molecule has 1 saturated heterocycles. The van der Waals surface area contributed by atoms with Crippen LogP contribution < -0.4 is 20.7 Å². The number of benzene rings is 2. The van der Waals surface area contributed by atoms with Gasteiger partial charge in [0.2, 0.25) is 0 Å². The lowest BCUT2D eigenvalue weighted by atomic mass is 9.87. The largest absolute Gasteiger partial charge is 0.484 e. The van der Waals surface area contributed by atoms with E-state index in [0.29, 0.717) is 11.4 Å². The second-order valence-corrected chi connectivity index (χ2v) is 8.68. The zero-order chi connectivity index (χ0) is 21.0. The van der Waals surface area contributed by atoms with E-state index in [4.69, 9.17) is 10.5 Å². The Balaban J connectivity index is 1.62. The van der Waals surface area contributed by atoms with Gasteiger partial charge in [-0.05, 0) is 48.4 Å². The van der Waals surface area contributed by atoms with E-state index in [9.17, 15) is 4.79 Å². The average Bonchev–Trinajstić information content (AvgIpc) is 2.67. The SMILES string of the molecule is CN1CCN(c2ccc(N)cc2NC(=O)COc2ccc(C(C)(C)C)cc2)CC1. The molecule has 1 aliphatic heterocycles. The number of carbonyl (C=O) groups is 1. The van der Waals surface area contributed by atoms with E-state index in [-0.39, 0.29) is 17.9 Å². The summed E-state index contributed by atoms with van der Waals surface area (Å²) in [7, 11) is 2.12. The summed E-state index contributed by atoms with van der Waals surface area (Å²) in [6.07, 6.45) is 0. The van der Waals surface area contributed by atoms with Crippen LogP contribution in [0.1, 0.15) is 26.3 Å². The average molecular weight is 397 g/mol. The normalized spacial score (nSPS) is 15.2. The molecular weight excluding hydrogens is 364 g/mol. The van der Waals surface area contributed by atoms with E-state index in [2.05, 4.69) is 42.9 Å². The number of amides is 1. The summed E-state index contributed by atoms with van der Waals surface area (Å²) in [6.45, 7) is 10.3. The molecule has 0 unspecified atom stereocenters. The molecule has 1 aliphatic rings. The Morgan fingerprint density at radius 2 is 1.72 bits per heavy atom. The van der Waals surface area contributed by atoms with Crippen molar-refractivity contribution in [3.63, 3.8) is 0 Å². The van der Waals surface area contributed by atoms with Gasteiger partial charge in [-0.1, -0.05) is 32.9 Å². The van der Waals surface area contributed by atoms with Crippen LogP contribution in [0.25, 0.3) is 0 Å². The van der Waals surface area contributed by atoms with Crippen molar-refractivity contribution in [3.8, 4) is 5.75 Å². The maximum atomic E-state index is 12.5. The molecular formula is C23H32N4O2. The Hall–Kier alpha value is -2.73. The van der Waals surface area contributed by atoms with Gasteiger partial charge in [-0.2, -0.15) is 0 Å². The third-order valence-corrected chi connectivity index (χ3v) is 5.23. The molecule has 3 rings (SSSR count). The van der Waals surface area contributed by atoms with Crippen LogP contribution in [-0.4, -0.2) is 50.6 Å².